The van der Waals surface area contributed by atoms with Gasteiger partial charge < -0.3 is 15.0 Å². The summed E-state index contributed by atoms with van der Waals surface area (Å²) in [7, 11) is 3.89. The number of aromatic nitrogens is 3. The van der Waals surface area contributed by atoms with Crippen LogP contribution in [0.2, 0.25) is 0 Å². The Bertz CT molecular complexity index is 986. The zero-order valence-electron chi connectivity index (χ0n) is 17.4. The monoisotopic (exact) mass is 405 g/mol. The minimum Gasteiger partial charge on any atom is -0.371 e. The fraction of sp³-hybridized carbons (Fsp3) is 0.348. The average Bonchev–Trinajstić information content (AvgIpc) is 3.42. The molecule has 3 heterocycles. The highest BCUT2D eigenvalue weighted by molar-refractivity contribution is 5.79. The van der Waals surface area contributed by atoms with Gasteiger partial charge in [-0.15, -0.1) is 0 Å². The number of nitrogens with one attached hydrogen (secondary N) is 1. The van der Waals surface area contributed by atoms with Crippen LogP contribution < -0.4 is 10.2 Å². The fourth-order valence-corrected chi connectivity index (χ4v) is 3.91. The molecule has 0 spiro atoms. The second-order valence-electron chi connectivity index (χ2n) is 7.68. The number of pyridine rings is 1. The number of hydrogen-bond donors (Lipinski definition) is 1. The number of ether oxygens (including phenoxy) is 1. The molecular formula is C23H27N5O2. The van der Waals surface area contributed by atoms with E-state index in [1.165, 1.54) is 0 Å². The Morgan fingerprint density at radius 2 is 2.00 bits per heavy atom. The third kappa shape index (κ3) is 4.36. The molecule has 4 rings (SSSR count). The number of carbonyl (C=O) groups excluding carboxylic acids is 1. The largest absolute Gasteiger partial charge is 0.371 e. The highest BCUT2D eigenvalue weighted by Crippen LogP contribution is 2.35. The first kappa shape index (κ1) is 20.1. The van der Waals surface area contributed by atoms with Crippen molar-refractivity contribution in [1.29, 1.82) is 0 Å². The Hall–Kier alpha value is -3.19. The van der Waals surface area contributed by atoms with Crippen LogP contribution in [-0.2, 0) is 22.6 Å². The van der Waals surface area contributed by atoms with E-state index in [-0.39, 0.29) is 17.9 Å². The van der Waals surface area contributed by atoms with E-state index in [2.05, 4.69) is 27.5 Å². The quantitative estimate of drug-likeness (QED) is 0.654. The van der Waals surface area contributed by atoms with Crippen LogP contribution in [0.3, 0.4) is 0 Å². The van der Waals surface area contributed by atoms with Crippen LogP contribution in [0.25, 0.3) is 0 Å². The summed E-state index contributed by atoms with van der Waals surface area (Å²) in [5.74, 6) is 0.618. The van der Waals surface area contributed by atoms with Crippen molar-refractivity contribution in [2.75, 3.05) is 25.6 Å². The maximum atomic E-state index is 13.0. The predicted octanol–water partition coefficient (Wildman–Crippen LogP) is 2.79. The fourth-order valence-electron chi connectivity index (χ4n) is 3.91. The van der Waals surface area contributed by atoms with Crippen molar-refractivity contribution in [2.45, 2.75) is 25.6 Å². The maximum absolute atomic E-state index is 13.0. The molecular weight excluding hydrogens is 378 g/mol. The van der Waals surface area contributed by atoms with Crippen LogP contribution >= 0.6 is 0 Å². The second kappa shape index (κ2) is 9.09. The van der Waals surface area contributed by atoms with Crippen LogP contribution in [0.5, 0.6) is 0 Å². The van der Waals surface area contributed by atoms with Gasteiger partial charge >= 0.3 is 0 Å². The maximum Gasteiger partial charge on any atom is 0.226 e. The summed E-state index contributed by atoms with van der Waals surface area (Å²) in [6.07, 6.45) is 3.93. The van der Waals surface area contributed by atoms with Gasteiger partial charge in [-0.05, 0) is 24.1 Å². The molecule has 30 heavy (non-hydrogen) atoms. The third-order valence-electron chi connectivity index (χ3n) is 5.39. The molecule has 0 aliphatic carbocycles. The number of benzene rings is 1. The average molecular weight is 406 g/mol. The van der Waals surface area contributed by atoms with E-state index < -0.39 is 0 Å². The van der Waals surface area contributed by atoms with Crippen molar-refractivity contribution >= 4 is 11.7 Å². The Balaban J connectivity index is 1.46. The molecule has 1 N–H and O–H groups in total. The van der Waals surface area contributed by atoms with Gasteiger partial charge in [-0.3, -0.25) is 9.48 Å². The van der Waals surface area contributed by atoms with Crippen LogP contribution in [-0.4, -0.2) is 41.4 Å². The number of amides is 1. The van der Waals surface area contributed by atoms with Crippen molar-refractivity contribution in [2.24, 2.45) is 5.92 Å². The van der Waals surface area contributed by atoms with Gasteiger partial charge in [0.1, 0.15) is 11.9 Å². The first-order chi connectivity index (χ1) is 14.6. The first-order valence-electron chi connectivity index (χ1n) is 10.2. The molecule has 0 unspecified atom stereocenters. The Labute approximate surface area is 176 Å². The second-order valence-corrected chi connectivity index (χ2v) is 7.68. The Kier molecular flexibility index (Phi) is 6.09. The topological polar surface area (TPSA) is 72.3 Å². The van der Waals surface area contributed by atoms with Gasteiger partial charge in [0.2, 0.25) is 5.91 Å². The van der Waals surface area contributed by atoms with Crippen LogP contribution in [0, 0.1) is 5.92 Å². The Morgan fingerprint density at radius 1 is 1.17 bits per heavy atom. The lowest BCUT2D eigenvalue weighted by Crippen LogP contribution is -2.33. The SMILES string of the molecule is CN(C)c1ncccc1CNC(=O)[C@H]1CCO[C@@H]1c1ccnn1Cc1ccccc1. The summed E-state index contributed by atoms with van der Waals surface area (Å²) in [5.41, 5.74) is 3.08. The predicted molar refractivity (Wildman–Crippen MR) is 115 cm³/mol. The van der Waals surface area contributed by atoms with Gasteiger partial charge in [-0.2, -0.15) is 5.10 Å². The molecule has 156 valence electrons. The van der Waals surface area contributed by atoms with Crippen molar-refractivity contribution in [3.63, 3.8) is 0 Å². The van der Waals surface area contributed by atoms with Gasteiger partial charge in [0.05, 0.1) is 18.2 Å². The minimum atomic E-state index is -0.293. The van der Waals surface area contributed by atoms with E-state index in [9.17, 15) is 4.79 Å². The summed E-state index contributed by atoms with van der Waals surface area (Å²) in [6, 6.07) is 16.0. The Morgan fingerprint density at radius 3 is 2.80 bits per heavy atom. The molecule has 0 radical (unpaired) electrons. The molecule has 1 aliphatic heterocycles. The molecule has 1 aromatic carbocycles. The van der Waals surface area contributed by atoms with Gasteiger partial charge in [0, 0.05) is 45.2 Å². The van der Waals surface area contributed by atoms with Gasteiger partial charge in [0.15, 0.2) is 0 Å². The summed E-state index contributed by atoms with van der Waals surface area (Å²) < 4.78 is 7.91. The number of rotatable bonds is 7. The molecule has 1 amide bonds. The normalized spacial score (nSPS) is 18.3. The summed E-state index contributed by atoms with van der Waals surface area (Å²) in [4.78, 5) is 19.4. The molecule has 7 heteroatoms. The van der Waals surface area contributed by atoms with Gasteiger partial charge in [0.25, 0.3) is 0 Å². The van der Waals surface area contributed by atoms with E-state index in [0.717, 1.165) is 22.6 Å². The molecule has 2 atom stereocenters. The van der Waals surface area contributed by atoms with Crippen LogP contribution in [0.15, 0.2) is 60.9 Å². The lowest BCUT2D eigenvalue weighted by molar-refractivity contribution is -0.127. The zero-order chi connectivity index (χ0) is 20.9. The molecule has 3 aromatic rings. The highest BCUT2D eigenvalue weighted by atomic mass is 16.5. The minimum absolute atomic E-state index is 0.00137. The van der Waals surface area contributed by atoms with Crippen molar-refractivity contribution < 1.29 is 9.53 Å². The van der Waals surface area contributed by atoms with E-state index in [0.29, 0.717) is 26.1 Å². The van der Waals surface area contributed by atoms with E-state index in [4.69, 9.17) is 4.74 Å². The first-order valence-corrected chi connectivity index (χ1v) is 10.2. The van der Waals surface area contributed by atoms with Crippen molar-refractivity contribution in [1.82, 2.24) is 20.1 Å². The van der Waals surface area contributed by atoms with Crippen molar-refractivity contribution in [3.05, 3.63) is 77.7 Å². The number of hydrogen-bond acceptors (Lipinski definition) is 5. The summed E-state index contributed by atoms with van der Waals surface area (Å²) in [5, 5.41) is 7.55. The van der Waals surface area contributed by atoms with E-state index >= 15 is 0 Å². The van der Waals surface area contributed by atoms with Crippen LogP contribution in [0.1, 0.15) is 29.3 Å². The van der Waals surface area contributed by atoms with Crippen molar-refractivity contribution in [3.8, 4) is 0 Å². The summed E-state index contributed by atoms with van der Waals surface area (Å²) in [6.45, 7) is 1.65. The van der Waals surface area contributed by atoms with Gasteiger partial charge in [-0.25, -0.2) is 4.98 Å². The van der Waals surface area contributed by atoms with Gasteiger partial charge in [-0.1, -0.05) is 36.4 Å². The molecule has 1 saturated heterocycles. The number of anilines is 1. The third-order valence-corrected chi connectivity index (χ3v) is 5.39. The smallest absolute Gasteiger partial charge is 0.226 e. The molecule has 7 nitrogen and oxygen atoms in total. The molecule has 2 aromatic heterocycles. The summed E-state index contributed by atoms with van der Waals surface area (Å²) >= 11 is 0. The molecule has 0 saturated carbocycles. The lowest BCUT2D eigenvalue weighted by atomic mass is 9.97. The zero-order valence-corrected chi connectivity index (χ0v) is 17.4. The van der Waals surface area contributed by atoms with Crippen LogP contribution in [0.4, 0.5) is 5.82 Å². The molecule has 1 aliphatic rings. The van der Waals surface area contributed by atoms with E-state index in [1.54, 1.807) is 12.4 Å². The standard InChI is InChI=1S/C23H27N5O2/c1-27(2)22-18(9-6-12-24-22)15-25-23(29)19-11-14-30-21(19)20-10-13-26-28(20)16-17-7-4-3-5-8-17/h3-10,12-13,19,21H,11,14-16H2,1-2H3,(H,25,29)/t19-,21-/m0/s1. The molecule has 1 fully saturated rings. The number of nitrogens with zero attached hydrogens (tertiary/aromatic N) is 4. The van der Waals surface area contributed by atoms with E-state index in [1.807, 2.05) is 60.1 Å². The number of carbonyl (C=O) groups is 1. The lowest BCUT2D eigenvalue weighted by Gasteiger charge is -2.21. The highest BCUT2D eigenvalue weighted by Gasteiger charge is 2.37. The molecule has 0 bridgehead atoms.